The summed E-state index contributed by atoms with van der Waals surface area (Å²) in [5.74, 6) is -0.00228. The molecule has 150 valence electrons. The van der Waals surface area contributed by atoms with Gasteiger partial charge in [0.25, 0.3) is 5.91 Å². The van der Waals surface area contributed by atoms with Crippen LogP contribution < -0.4 is 0 Å². The molecular formula is C22H18FN5O2. The fourth-order valence-corrected chi connectivity index (χ4v) is 3.55. The molecule has 0 saturated carbocycles. The number of imidazole rings is 1. The summed E-state index contributed by atoms with van der Waals surface area (Å²) in [6, 6.07) is 13.6. The number of aromatic nitrogens is 4. The predicted octanol–water partition coefficient (Wildman–Crippen LogP) is 3.14. The number of carbonyl (C=O) groups excluding carboxylic acids is 1. The maximum atomic E-state index is 13.6. The van der Waals surface area contributed by atoms with Crippen LogP contribution in [-0.2, 0) is 4.74 Å². The first-order chi connectivity index (χ1) is 14.7. The topological polar surface area (TPSA) is 72.6 Å². The van der Waals surface area contributed by atoms with Crippen LogP contribution in [0.3, 0.4) is 0 Å². The third-order valence-electron chi connectivity index (χ3n) is 5.03. The van der Waals surface area contributed by atoms with Gasteiger partial charge in [0.15, 0.2) is 0 Å². The fourth-order valence-electron chi connectivity index (χ4n) is 3.55. The highest BCUT2D eigenvalue weighted by atomic mass is 19.1. The number of nitrogens with zero attached hydrogens (tertiary/aromatic N) is 5. The lowest BCUT2D eigenvalue weighted by atomic mass is 10.1. The zero-order chi connectivity index (χ0) is 20.5. The van der Waals surface area contributed by atoms with Crippen molar-refractivity contribution in [1.29, 1.82) is 0 Å². The number of fused-ring (bicyclic) bond motifs is 1. The number of halogens is 1. The average molecular weight is 403 g/mol. The quantitative estimate of drug-likeness (QED) is 0.526. The van der Waals surface area contributed by atoms with Gasteiger partial charge in [0.05, 0.1) is 24.5 Å². The van der Waals surface area contributed by atoms with Crippen LogP contribution in [0.4, 0.5) is 4.39 Å². The zero-order valence-corrected chi connectivity index (χ0v) is 16.0. The molecule has 1 aromatic carbocycles. The molecule has 1 aliphatic rings. The summed E-state index contributed by atoms with van der Waals surface area (Å²) >= 11 is 0. The van der Waals surface area contributed by atoms with Crippen molar-refractivity contribution < 1.29 is 13.9 Å². The minimum Gasteiger partial charge on any atom is -0.368 e. The molecule has 0 N–H and O–H groups in total. The van der Waals surface area contributed by atoms with Gasteiger partial charge in [-0.1, -0.05) is 18.2 Å². The van der Waals surface area contributed by atoms with Gasteiger partial charge >= 0.3 is 0 Å². The van der Waals surface area contributed by atoms with Gasteiger partial charge in [-0.3, -0.25) is 9.20 Å². The van der Waals surface area contributed by atoms with E-state index in [0.29, 0.717) is 48.1 Å². The van der Waals surface area contributed by atoms with E-state index < -0.39 is 0 Å². The summed E-state index contributed by atoms with van der Waals surface area (Å²) < 4.78 is 21.2. The Balaban J connectivity index is 1.37. The number of carbonyl (C=O) groups is 1. The van der Waals surface area contributed by atoms with E-state index in [0.717, 1.165) is 0 Å². The molecule has 8 heteroatoms. The Bertz CT molecular complexity index is 1190. The van der Waals surface area contributed by atoms with Crippen LogP contribution >= 0.6 is 0 Å². The maximum Gasteiger partial charge on any atom is 0.274 e. The van der Waals surface area contributed by atoms with E-state index in [-0.39, 0.29) is 17.8 Å². The van der Waals surface area contributed by atoms with E-state index in [1.807, 2.05) is 24.3 Å². The van der Waals surface area contributed by atoms with Gasteiger partial charge in [0.1, 0.15) is 17.6 Å². The number of rotatable bonds is 3. The monoisotopic (exact) mass is 403 g/mol. The standard InChI is InChI=1S/C22H18FN5O2/c23-16-5-1-4-15(12-16)17-6-2-7-18(25-17)20-14-27(10-11-30-20)21(29)19-13-28-9-3-8-24-22(28)26-19/h1-9,12-13,20H,10-11,14H2. The summed E-state index contributed by atoms with van der Waals surface area (Å²) in [7, 11) is 0. The van der Waals surface area contributed by atoms with Gasteiger partial charge in [-0.15, -0.1) is 0 Å². The molecule has 1 saturated heterocycles. The Labute approximate surface area is 171 Å². The van der Waals surface area contributed by atoms with Crippen molar-refractivity contribution >= 4 is 11.7 Å². The number of morpholine rings is 1. The molecule has 0 radical (unpaired) electrons. The van der Waals surface area contributed by atoms with E-state index in [4.69, 9.17) is 4.74 Å². The smallest absolute Gasteiger partial charge is 0.274 e. The van der Waals surface area contributed by atoms with Crippen LogP contribution in [0, 0.1) is 5.82 Å². The van der Waals surface area contributed by atoms with E-state index >= 15 is 0 Å². The molecule has 7 nitrogen and oxygen atoms in total. The van der Waals surface area contributed by atoms with Crippen molar-refractivity contribution in [3.8, 4) is 11.3 Å². The number of hydrogen-bond donors (Lipinski definition) is 0. The molecule has 4 heterocycles. The van der Waals surface area contributed by atoms with E-state index in [1.54, 1.807) is 40.0 Å². The Morgan fingerprint density at radius 1 is 1.13 bits per heavy atom. The highest BCUT2D eigenvalue weighted by Gasteiger charge is 2.28. The van der Waals surface area contributed by atoms with Crippen LogP contribution in [0.2, 0.25) is 0 Å². The van der Waals surface area contributed by atoms with Crippen LogP contribution in [-0.4, -0.2) is 49.9 Å². The molecule has 0 aliphatic carbocycles. The lowest BCUT2D eigenvalue weighted by molar-refractivity contribution is -0.0248. The molecule has 0 bridgehead atoms. The number of amides is 1. The Morgan fingerprint density at radius 2 is 2.03 bits per heavy atom. The summed E-state index contributed by atoms with van der Waals surface area (Å²) in [4.78, 5) is 27.8. The van der Waals surface area contributed by atoms with Gasteiger partial charge in [-0.2, -0.15) is 0 Å². The van der Waals surface area contributed by atoms with E-state index in [9.17, 15) is 9.18 Å². The molecule has 1 unspecified atom stereocenters. The van der Waals surface area contributed by atoms with Crippen LogP contribution in [0.1, 0.15) is 22.3 Å². The van der Waals surface area contributed by atoms with Crippen molar-refractivity contribution in [3.63, 3.8) is 0 Å². The molecule has 5 rings (SSSR count). The molecule has 4 aromatic rings. The second kappa shape index (κ2) is 7.64. The van der Waals surface area contributed by atoms with Crippen molar-refractivity contribution in [3.05, 3.63) is 84.3 Å². The van der Waals surface area contributed by atoms with Gasteiger partial charge in [-0.25, -0.2) is 19.3 Å². The Kier molecular flexibility index (Phi) is 4.68. The summed E-state index contributed by atoms with van der Waals surface area (Å²) in [6.45, 7) is 1.23. The largest absolute Gasteiger partial charge is 0.368 e. The molecule has 0 spiro atoms. The average Bonchev–Trinajstić information content (AvgIpc) is 3.23. The van der Waals surface area contributed by atoms with Crippen molar-refractivity contribution in [2.75, 3.05) is 19.7 Å². The lowest BCUT2D eigenvalue weighted by Crippen LogP contribution is -2.42. The molecule has 30 heavy (non-hydrogen) atoms. The van der Waals surface area contributed by atoms with E-state index in [2.05, 4.69) is 15.0 Å². The van der Waals surface area contributed by atoms with Crippen LogP contribution in [0.5, 0.6) is 0 Å². The third kappa shape index (κ3) is 3.53. The van der Waals surface area contributed by atoms with Gasteiger partial charge in [-0.05, 0) is 30.3 Å². The Hall–Kier alpha value is -3.65. The van der Waals surface area contributed by atoms with Gasteiger partial charge in [0, 0.05) is 30.7 Å². The molecule has 1 atom stereocenters. The summed E-state index contributed by atoms with van der Waals surface area (Å²) in [5.41, 5.74) is 2.39. The maximum absolute atomic E-state index is 13.6. The predicted molar refractivity (Wildman–Crippen MR) is 107 cm³/mol. The molecule has 1 fully saturated rings. The van der Waals surface area contributed by atoms with Gasteiger partial charge < -0.3 is 9.64 Å². The first kappa shape index (κ1) is 18.4. The first-order valence-electron chi connectivity index (χ1n) is 9.61. The number of pyridine rings is 1. The summed E-state index contributed by atoms with van der Waals surface area (Å²) in [5, 5.41) is 0. The number of ether oxygens (including phenoxy) is 1. The lowest BCUT2D eigenvalue weighted by Gasteiger charge is -2.32. The first-order valence-corrected chi connectivity index (χ1v) is 9.61. The van der Waals surface area contributed by atoms with Crippen LogP contribution in [0.15, 0.2) is 67.1 Å². The molecular weight excluding hydrogens is 385 g/mol. The van der Waals surface area contributed by atoms with Gasteiger partial charge in [0.2, 0.25) is 5.78 Å². The normalized spacial score (nSPS) is 16.7. The highest BCUT2D eigenvalue weighted by Crippen LogP contribution is 2.25. The fraction of sp³-hybridized carbons (Fsp3) is 0.182. The molecule has 1 aliphatic heterocycles. The zero-order valence-electron chi connectivity index (χ0n) is 16.0. The number of hydrogen-bond acceptors (Lipinski definition) is 5. The number of benzene rings is 1. The van der Waals surface area contributed by atoms with Crippen molar-refractivity contribution in [2.45, 2.75) is 6.10 Å². The third-order valence-corrected chi connectivity index (χ3v) is 5.03. The van der Waals surface area contributed by atoms with Crippen molar-refractivity contribution in [1.82, 2.24) is 24.3 Å². The SMILES string of the molecule is O=C(c1cn2cccnc2n1)N1CCOC(c2cccc(-c3cccc(F)c3)n2)C1. The molecule has 1 amide bonds. The second-order valence-corrected chi connectivity index (χ2v) is 7.02. The van der Waals surface area contributed by atoms with E-state index in [1.165, 1.54) is 12.1 Å². The summed E-state index contributed by atoms with van der Waals surface area (Å²) in [6.07, 6.45) is 4.75. The minimum absolute atomic E-state index is 0.171. The Morgan fingerprint density at radius 3 is 2.90 bits per heavy atom. The molecule has 3 aromatic heterocycles. The highest BCUT2D eigenvalue weighted by molar-refractivity contribution is 5.92. The van der Waals surface area contributed by atoms with Crippen molar-refractivity contribution in [2.24, 2.45) is 0 Å². The van der Waals surface area contributed by atoms with Crippen LogP contribution in [0.25, 0.3) is 17.0 Å². The second-order valence-electron chi connectivity index (χ2n) is 7.02. The minimum atomic E-state index is -0.369.